The van der Waals surface area contributed by atoms with Crippen LogP contribution in [0.2, 0.25) is 0 Å². The molecule has 0 spiro atoms. The number of hydrogen-bond donors (Lipinski definition) is 0. The number of hydrogen-bond acceptors (Lipinski definition) is 5. The van der Waals surface area contributed by atoms with Crippen molar-refractivity contribution in [1.82, 2.24) is 9.88 Å². The predicted octanol–water partition coefficient (Wildman–Crippen LogP) is 2.79. The number of cyclic esters (lactones) is 1. The van der Waals surface area contributed by atoms with Crippen LogP contribution in [0.25, 0.3) is 10.2 Å². The highest BCUT2D eigenvalue weighted by molar-refractivity contribution is 7.18. The monoisotopic (exact) mass is 302 g/mol. The molecule has 4 rings (SSSR count). The van der Waals surface area contributed by atoms with E-state index in [0.717, 1.165) is 37.9 Å². The number of esters is 1. The van der Waals surface area contributed by atoms with Crippen molar-refractivity contribution >= 4 is 27.5 Å². The number of nitrogens with zero attached hydrogens (tertiary/aromatic N) is 2. The quantitative estimate of drug-likeness (QED) is 0.800. The maximum atomic E-state index is 11.7. The molecule has 1 aromatic carbocycles. The largest absolute Gasteiger partial charge is 0.464 e. The zero-order valence-electron chi connectivity index (χ0n) is 11.8. The van der Waals surface area contributed by atoms with Gasteiger partial charge in [-0.2, -0.15) is 0 Å². The molecule has 0 radical (unpaired) electrons. The molecule has 2 saturated heterocycles. The molecule has 0 saturated carbocycles. The number of aromatic nitrogens is 1. The van der Waals surface area contributed by atoms with Gasteiger partial charge in [-0.05, 0) is 38.1 Å². The average molecular weight is 302 g/mol. The van der Waals surface area contributed by atoms with Gasteiger partial charge in [0.15, 0.2) is 0 Å². The third-order valence-corrected chi connectivity index (χ3v) is 5.74. The summed E-state index contributed by atoms with van der Waals surface area (Å²) in [6.45, 7) is 2.53. The summed E-state index contributed by atoms with van der Waals surface area (Å²) in [7, 11) is 0. The van der Waals surface area contributed by atoms with Crippen molar-refractivity contribution < 1.29 is 9.53 Å². The molecular weight excluding hydrogens is 284 g/mol. The lowest BCUT2D eigenvalue weighted by atomic mass is 9.96. The van der Waals surface area contributed by atoms with E-state index in [1.54, 1.807) is 0 Å². The van der Waals surface area contributed by atoms with Crippen LogP contribution in [0.5, 0.6) is 0 Å². The first-order valence-electron chi connectivity index (χ1n) is 7.57. The van der Waals surface area contributed by atoms with Gasteiger partial charge in [0.2, 0.25) is 0 Å². The number of ether oxygens (including phenoxy) is 1. The van der Waals surface area contributed by atoms with Gasteiger partial charge < -0.3 is 4.74 Å². The molecule has 0 N–H and O–H groups in total. The Balaban J connectivity index is 1.46. The number of fused-ring (bicyclic) bond motifs is 1. The SMILES string of the molecule is O=C1OCCC1N1CCC(c2nc3ccccc3s2)CC1. The van der Waals surface area contributed by atoms with Crippen LogP contribution in [0, 0.1) is 0 Å². The highest BCUT2D eigenvalue weighted by atomic mass is 32.1. The third kappa shape index (κ3) is 2.45. The van der Waals surface area contributed by atoms with Crippen LogP contribution in [0.3, 0.4) is 0 Å². The van der Waals surface area contributed by atoms with Gasteiger partial charge in [-0.15, -0.1) is 11.3 Å². The minimum atomic E-state index is -0.0339. The third-order valence-electron chi connectivity index (χ3n) is 4.54. The van der Waals surface area contributed by atoms with Crippen molar-refractivity contribution in [3.05, 3.63) is 29.3 Å². The van der Waals surface area contributed by atoms with E-state index in [9.17, 15) is 4.79 Å². The van der Waals surface area contributed by atoms with Crippen molar-refractivity contribution in [1.29, 1.82) is 0 Å². The number of thiazole rings is 1. The number of piperidine rings is 1. The second-order valence-corrected chi connectivity index (χ2v) is 6.86. The van der Waals surface area contributed by atoms with Gasteiger partial charge in [-0.3, -0.25) is 9.69 Å². The smallest absolute Gasteiger partial charge is 0.323 e. The molecule has 2 aromatic rings. The van der Waals surface area contributed by atoms with Gasteiger partial charge in [0.1, 0.15) is 6.04 Å². The Hall–Kier alpha value is -1.46. The molecular formula is C16H18N2O2S. The topological polar surface area (TPSA) is 42.4 Å². The van der Waals surface area contributed by atoms with Crippen LogP contribution < -0.4 is 0 Å². The van der Waals surface area contributed by atoms with Crippen molar-refractivity contribution in [2.24, 2.45) is 0 Å². The number of carbonyl (C=O) groups excluding carboxylic acids is 1. The first-order chi connectivity index (χ1) is 10.3. The Morgan fingerprint density at radius 1 is 1.19 bits per heavy atom. The fourth-order valence-corrected chi connectivity index (χ4v) is 4.48. The zero-order valence-corrected chi connectivity index (χ0v) is 12.6. The van der Waals surface area contributed by atoms with E-state index in [1.807, 2.05) is 17.4 Å². The van der Waals surface area contributed by atoms with E-state index in [0.29, 0.717) is 12.5 Å². The van der Waals surface area contributed by atoms with Crippen molar-refractivity contribution in [2.75, 3.05) is 19.7 Å². The van der Waals surface area contributed by atoms with Crippen molar-refractivity contribution in [2.45, 2.75) is 31.2 Å². The molecule has 5 heteroatoms. The summed E-state index contributed by atoms with van der Waals surface area (Å²) >= 11 is 1.82. The molecule has 0 aliphatic carbocycles. The Labute approximate surface area is 127 Å². The number of carbonyl (C=O) groups is 1. The summed E-state index contributed by atoms with van der Waals surface area (Å²) in [5.41, 5.74) is 1.11. The van der Waals surface area contributed by atoms with Crippen LogP contribution in [0.4, 0.5) is 0 Å². The normalized spacial score (nSPS) is 24.6. The second-order valence-electron chi connectivity index (χ2n) is 5.80. The van der Waals surface area contributed by atoms with Gasteiger partial charge in [0.25, 0.3) is 0 Å². The average Bonchev–Trinajstić information content (AvgIpc) is 3.13. The summed E-state index contributed by atoms with van der Waals surface area (Å²) in [5.74, 6) is 0.504. The van der Waals surface area contributed by atoms with Crippen LogP contribution in [-0.4, -0.2) is 41.6 Å². The standard InChI is InChI=1S/C16H18N2O2S/c19-16-13(7-10-20-16)18-8-5-11(6-9-18)15-17-12-3-1-2-4-14(12)21-15/h1-4,11,13H,5-10H2. The molecule has 1 unspecified atom stereocenters. The molecule has 1 aromatic heterocycles. The molecule has 110 valence electrons. The summed E-state index contributed by atoms with van der Waals surface area (Å²) in [6.07, 6.45) is 3.03. The lowest BCUT2D eigenvalue weighted by Crippen LogP contribution is -2.43. The lowest BCUT2D eigenvalue weighted by Gasteiger charge is -2.33. The zero-order chi connectivity index (χ0) is 14.2. The first-order valence-corrected chi connectivity index (χ1v) is 8.39. The van der Waals surface area contributed by atoms with E-state index >= 15 is 0 Å². The Morgan fingerprint density at radius 3 is 2.71 bits per heavy atom. The van der Waals surface area contributed by atoms with E-state index in [-0.39, 0.29) is 12.0 Å². The maximum Gasteiger partial charge on any atom is 0.323 e. The molecule has 4 nitrogen and oxygen atoms in total. The highest BCUT2D eigenvalue weighted by Crippen LogP contribution is 2.34. The predicted molar refractivity (Wildman–Crippen MR) is 82.5 cm³/mol. The minimum Gasteiger partial charge on any atom is -0.464 e. The van der Waals surface area contributed by atoms with E-state index in [2.05, 4.69) is 23.1 Å². The summed E-state index contributed by atoms with van der Waals surface area (Å²) in [4.78, 5) is 18.7. The minimum absolute atomic E-state index is 0.00122. The molecule has 0 bridgehead atoms. The number of benzene rings is 1. The molecule has 0 amide bonds. The Kier molecular flexibility index (Phi) is 3.39. The van der Waals surface area contributed by atoms with E-state index in [1.165, 1.54) is 9.71 Å². The summed E-state index contributed by atoms with van der Waals surface area (Å²) in [5, 5.41) is 1.25. The number of rotatable bonds is 2. The molecule has 1 atom stereocenters. The maximum absolute atomic E-state index is 11.7. The fourth-order valence-electron chi connectivity index (χ4n) is 3.34. The van der Waals surface area contributed by atoms with Crippen LogP contribution in [0.1, 0.15) is 30.2 Å². The number of likely N-dealkylation sites (tertiary alicyclic amines) is 1. The van der Waals surface area contributed by atoms with Gasteiger partial charge in [-0.1, -0.05) is 12.1 Å². The first kappa shape index (κ1) is 13.2. The molecule has 2 aliphatic rings. The molecule has 21 heavy (non-hydrogen) atoms. The van der Waals surface area contributed by atoms with Gasteiger partial charge >= 0.3 is 5.97 Å². The van der Waals surface area contributed by atoms with Crippen LogP contribution >= 0.6 is 11.3 Å². The fraction of sp³-hybridized carbons (Fsp3) is 0.500. The summed E-state index contributed by atoms with van der Waals surface area (Å²) < 4.78 is 6.35. The van der Waals surface area contributed by atoms with Gasteiger partial charge in [-0.25, -0.2) is 4.98 Å². The van der Waals surface area contributed by atoms with Gasteiger partial charge in [0, 0.05) is 12.3 Å². The van der Waals surface area contributed by atoms with Crippen LogP contribution in [-0.2, 0) is 9.53 Å². The highest BCUT2D eigenvalue weighted by Gasteiger charge is 2.35. The van der Waals surface area contributed by atoms with E-state index in [4.69, 9.17) is 9.72 Å². The second kappa shape index (κ2) is 5.39. The lowest BCUT2D eigenvalue weighted by molar-refractivity contribution is -0.142. The van der Waals surface area contributed by atoms with E-state index < -0.39 is 0 Å². The Morgan fingerprint density at radius 2 is 2.00 bits per heavy atom. The van der Waals surface area contributed by atoms with Crippen molar-refractivity contribution in [3.63, 3.8) is 0 Å². The van der Waals surface area contributed by atoms with Crippen LogP contribution in [0.15, 0.2) is 24.3 Å². The Bertz CT molecular complexity index is 628. The van der Waals surface area contributed by atoms with Gasteiger partial charge in [0.05, 0.1) is 21.8 Å². The summed E-state index contributed by atoms with van der Waals surface area (Å²) in [6, 6.07) is 8.33. The van der Waals surface area contributed by atoms with Crippen molar-refractivity contribution in [3.8, 4) is 0 Å². The molecule has 2 fully saturated rings. The molecule has 3 heterocycles. The number of para-hydroxylation sites is 1. The molecule has 2 aliphatic heterocycles.